The Hall–Kier alpha value is -0.930. The molecule has 0 unspecified atom stereocenters. The second-order valence-corrected chi connectivity index (χ2v) is 6.79. The molecule has 1 saturated heterocycles. The number of likely N-dealkylation sites (tertiary alicyclic amines) is 1. The number of hydrogen-bond acceptors (Lipinski definition) is 2. The zero-order valence-electron chi connectivity index (χ0n) is 12.0. The van der Waals surface area contributed by atoms with Crippen LogP contribution in [0.1, 0.15) is 44.2 Å². The predicted octanol–water partition coefficient (Wildman–Crippen LogP) is 3.33. The van der Waals surface area contributed by atoms with Crippen LogP contribution < -0.4 is 5.73 Å². The molecule has 0 spiro atoms. The zero-order chi connectivity index (χ0) is 13.9. The topological polar surface area (TPSA) is 29.3 Å². The Balaban J connectivity index is 1.95. The van der Waals surface area contributed by atoms with Crippen molar-refractivity contribution in [3.8, 4) is 0 Å². The summed E-state index contributed by atoms with van der Waals surface area (Å²) in [5.74, 6) is 0. The van der Waals surface area contributed by atoms with Crippen LogP contribution in [0.15, 0.2) is 24.3 Å². The van der Waals surface area contributed by atoms with Gasteiger partial charge in [0.05, 0.1) is 0 Å². The van der Waals surface area contributed by atoms with Gasteiger partial charge >= 0.3 is 0 Å². The molecular weight excluding hydrogens is 252 g/mol. The molecule has 0 amide bonds. The van der Waals surface area contributed by atoms with E-state index < -0.39 is 0 Å². The summed E-state index contributed by atoms with van der Waals surface area (Å²) in [5.41, 5.74) is 8.43. The van der Waals surface area contributed by atoms with Crippen molar-refractivity contribution in [2.24, 2.45) is 11.1 Å². The van der Waals surface area contributed by atoms with Crippen molar-refractivity contribution in [1.29, 1.82) is 0 Å². The van der Waals surface area contributed by atoms with Gasteiger partial charge < -0.3 is 5.73 Å². The Bertz CT molecular complexity index is 437. The van der Waals surface area contributed by atoms with E-state index in [0.29, 0.717) is 10.4 Å². The molecule has 1 aromatic carbocycles. The van der Waals surface area contributed by atoms with Gasteiger partial charge in [0.15, 0.2) is 0 Å². The van der Waals surface area contributed by atoms with Crippen LogP contribution in [0.25, 0.3) is 0 Å². The standard InChI is InChI=1S/C16H24N2S/c1-16(2)8-3-10-18(11-9-16)12-13-4-6-14(7-5-13)15(17)19/h4-7H,3,8-12H2,1-2H3,(H2,17,19). The van der Waals surface area contributed by atoms with Crippen LogP contribution in [0.5, 0.6) is 0 Å². The molecular formula is C16H24N2S. The maximum atomic E-state index is 5.62. The molecule has 0 aromatic heterocycles. The summed E-state index contributed by atoms with van der Waals surface area (Å²) in [7, 11) is 0. The summed E-state index contributed by atoms with van der Waals surface area (Å²) < 4.78 is 0. The summed E-state index contributed by atoms with van der Waals surface area (Å²) in [6.07, 6.45) is 3.93. The highest BCUT2D eigenvalue weighted by Gasteiger charge is 2.22. The monoisotopic (exact) mass is 276 g/mol. The highest BCUT2D eigenvalue weighted by Crippen LogP contribution is 2.30. The third-order valence-corrected chi connectivity index (χ3v) is 4.31. The molecule has 104 valence electrons. The van der Waals surface area contributed by atoms with Gasteiger partial charge in [-0.15, -0.1) is 0 Å². The van der Waals surface area contributed by atoms with Gasteiger partial charge in [-0.1, -0.05) is 50.3 Å². The predicted molar refractivity (Wildman–Crippen MR) is 85.2 cm³/mol. The number of nitrogens with two attached hydrogens (primary N) is 1. The maximum absolute atomic E-state index is 5.62. The fourth-order valence-electron chi connectivity index (χ4n) is 2.67. The van der Waals surface area contributed by atoms with Crippen LogP contribution in [0.4, 0.5) is 0 Å². The van der Waals surface area contributed by atoms with Gasteiger partial charge in [-0.25, -0.2) is 0 Å². The van der Waals surface area contributed by atoms with Crippen molar-refractivity contribution in [3.05, 3.63) is 35.4 Å². The third-order valence-electron chi connectivity index (χ3n) is 4.08. The van der Waals surface area contributed by atoms with Crippen LogP contribution in [0, 0.1) is 5.41 Å². The minimum absolute atomic E-state index is 0.475. The summed E-state index contributed by atoms with van der Waals surface area (Å²) in [5, 5.41) is 0. The average molecular weight is 276 g/mol. The first-order chi connectivity index (χ1) is 8.96. The minimum atomic E-state index is 0.475. The molecule has 1 aliphatic heterocycles. The van der Waals surface area contributed by atoms with Gasteiger partial charge in [-0.2, -0.15) is 0 Å². The molecule has 1 aromatic rings. The van der Waals surface area contributed by atoms with Crippen LogP contribution in [0.3, 0.4) is 0 Å². The molecule has 1 fully saturated rings. The average Bonchev–Trinajstić information content (AvgIpc) is 2.52. The Morgan fingerprint density at radius 3 is 2.53 bits per heavy atom. The van der Waals surface area contributed by atoms with Crippen molar-refractivity contribution in [3.63, 3.8) is 0 Å². The number of hydrogen-bond donors (Lipinski definition) is 1. The highest BCUT2D eigenvalue weighted by atomic mass is 32.1. The van der Waals surface area contributed by atoms with E-state index in [2.05, 4.69) is 30.9 Å². The van der Waals surface area contributed by atoms with E-state index in [9.17, 15) is 0 Å². The molecule has 0 bridgehead atoms. The molecule has 0 atom stereocenters. The number of benzene rings is 1. The Morgan fingerprint density at radius 1 is 1.21 bits per heavy atom. The second kappa shape index (κ2) is 6.02. The Morgan fingerprint density at radius 2 is 1.89 bits per heavy atom. The van der Waals surface area contributed by atoms with E-state index in [1.165, 1.54) is 37.9 Å². The fourth-order valence-corrected chi connectivity index (χ4v) is 2.81. The normalized spacial score (nSPS) is 19.9. The number of nitrogens with zero attached hydrogens (tertiary/aromatic N) is 1. The van der Waals surface area contributed by atoms with E-state index in [-0.39, 0.29) is 0 Å². The van der Waals surface area contributed by atoms with Crippen LogP contribution in [-0.2, 0) is 6.54 Å². The minimum Gasteiger partial charge on any atom is -0.389 e. The van der Waals surface area contributed by atoms with Crippen molar-refractivity contribution < 1.29 is 0 Å². The van der Waals surface area contributed by atoms with E-state index in [1.807, 2.05) is 12.1 Å². The van der Waals surface area contributed by atoms with Crippen molar-refractivity contribution >= 4 is 17.2 Å². The molecule has 2 N–H and O–H groups in total. The quantitative estimate of drug-likeness (QED) is 0.859. The van der Waals surface area contributed by atoms with Crippen LogP contribution in [0.2, 0.25) is 0 Å². The van der Waals surface area contributed by atoms with Crippen molar-refractivity contribution in [2.45, 2.75) is 39.7 Å². The lowest BCUT2D eigenvalue weighted by atomic mass is 9.85. The first kappa shape index (κ1) is 14.5. The summed E-state index contributed by atoms with van der Waals surface area (Å²) in [6.45, 7) is 8.21. The van der Waals surface area contributed by atoms with Crippen molar-refractivity contribution in [1.82, 2.24) is 4.90 Å². The SMILES string of the molecule is CC1(C)CCCN(Cc2ccc(C(N)=S)cc2)CC1. The lowest BCUT2D eigenvalue weighted by molar-refractivity contribution is 0.256. The molecule has 2 rings (SSSR count). The number of thiocarbonyl (C=S) groups is 1. The summed E-state index contributed by atoms with van der Waals surface area (Å²) in [6, 6.07) is 8.34. The molecule has 3 heteroatoms. The van der Waals surface area contributed by atoms with Gasteiger partial charge in [-0.3, -0.25) is 4.90 Å². The smallest absolute Gasteiger partial charge is 0.103 e. The van der Waals surface area contributed by atoms with Crippen LogP contribution >= 0.6 is 12.2 Å². The lowest BCUT2D eigenvalue weighted by Gasteiger charge is -2.23. The molecule has 0 saturated carbocycles. The third kappa shape index (κ3) is 4.29. The molecule has 19 heavy (non-hydrogen) atoms. The zero-order valence-corrected chi connectivity index (χ0v) is 12.8. The van der Waals surface area contributed by atoms with Gasteiger partial charge in [0.1, 0.15) is 4.99 Å². The number of rotatable bonds is 3. The molecule has 0 radical (unpaired) electrons. The van der Waals surface area contributed by atoms with Crippen molar-refractivity contribution in [2.75, 3.05) is 13.1 Å². The highest BCUT2D eigenvalue weighted by molar-refractivity contribution is 7.80. The Kier molecular flexibility index (Phi) is 4.58. The molecule has 2 nitrogen and oxygen atoms in total. The summed E-state index contributed by atoms with van der Waals surface area (Å²) >= 11 is 4.98. The van der Waals surface area contributed by atoms with Crippen LogP contribution in [-0.4, -0.2) is 23.0 Å². The second-order valence-electron chi connectivity index (χ2n) is 6.36. The molecule has 0 aliphatic carbocycles. The maximum Gasteiger partial charge on any atom is 0.103 e. The van der Waals surface area contributed by atoms with Gasteiger partial charge in [-0.05, 0) is 43.3 Å². The van der Waals surface area contributed by atoms with E-state index in [1.54, 1.807) is 0 Å². The Labute approximate surface area is 122 Å². The van der Waals surface area contributed by atoms with E-state index in [0.717, 1.165) is 12.1 Å². The molecule has 1 aliphatic rings. The van der Waals surface area contributed by atoms with E-state index >= 15 is 0 Å². The first-order valence-corrected chi connectivity index (χ1v) is 7.48. The van der Waals surface area contributed by atoms with Gasteiger partial charge in [0.25, 0.3) is 0 Å². The van der Waals surface area contributed by atoms with E-state index in [4.69, 9.17) is 18.0 Å². The lowest BCUT2D eigenvalue weighted by Crippen LogP contribution is -2.25. The largest absolute Gasteiger partial charge is 0.389 e. The van der Waals surface area contributed by atoms with Gasteiger partial charge in [0.2, 0.25) is 0 Å². The van der Waals surface area contributed by atoms with Gasteiger partial charge in [0, 0.05) is 12.1 Å². The first-order valence-electron chi connectivity index (χ1n) is 7.07. The summed E-state index contributed by atoms with van der Waals surface area (Å²) in [4.78, 5) is 3.04. The fraction of sp³-hybridized carbons (Fsp3) is 0.562. The molecule has 1 heterocycles.